The van der Waals surface area contributed by atoms with Crippen LogP contribution in [0.15, 0.2) is 18.2 Å². The Morgan fingerprint density at radius 1 is 1.36 bits per heavy atom. The highest BCUT2D eigenvalue weighted by molar-refractivity contribution is 6.18. The highest BCUT2D eigenvalue weighted by Gasteiger charge is 2.04. The molecule has 0 fully saturated rings. The van der Waals surface area contributed by atoms with Gasteiger partial charge in [0.25, 0.3) is 0 Å². The molecule has 1 unspecified atom stereocenters. The molecule has 0 aliphatic heterocycles. The van der Waals surface area contributed by atoms with Gasteiger partial charge >= 0.3 is 0 Å². The molecule has 0 aliphatic carbocycles. The molecule has 1 aromatic carbocycles. The summed E-state index contributed by atoms with van der Waals surface area (Å²) < 4.78 is 25.2. The minimum Gasteiger partial charge on any atom is -0.390 e. The average molecular weight is 222 g/mol. The Morgan fingerprint density at radius 3 is 2.64 bits per heavy atom. The van der Waals surface area contributed by atoms with Crippen molar-refractivity contribution in [2.45, 2.75) is 6.10 Å². The van der Waals surface area contributed by atoms with Crippen LogP contribution in [0.2, 0.25) is 0 Å². The predicted molar refractivity (Wildman–Crippen MR) is 51.6 cm³/mol. The first-order chi connectivity index (χ1) is 6.63. The van der Waals surface area contributed by atoms with Gasteiger partial charge in [0.05, 0.1) is 12.0 Å². The van der Waals surface area contributed by atoms with Crippen LogP contribution in [-0.4, -0.2) is 23.6 Å². The van der Waals surface area contributed by atoms with E-state index in [0.717, 1.165) is 12.1 Å². The topological polar surface area (TPSA) is 32.3 Å². The summed E-state index contributed by atoms with van der Waals surface area (Å²) in [6.45, 7) is 0.203. The fourth-order valence-corrected chi connectivity index (χ4v) is 1.01. The molecule has 1 aromatic rings. The van der Waals surface area contributed by atoms with Gasteiger partial charge in [-0.25, -0.2) is 8.78 Å². The molecule has 1 atom stereocenters. The minimum atomic E-state index is -0.921. The lowest BCUT2D eigenvalue weighted by Gasteiger charge is -2.09. The molecule has 78 valence electrons. The van der Waals surface area contributed by atoms with E-state index in [4.69, 9.17) is 16.7 Å². The highest BCUT2D eigenvalue weighted by atomic mass is 35.5. The second-order valence-electron chi connectivity index (χ2n) is 2.82. The molecule has 5 heteroatoms. The number of hydrogen-bond acceptors (Lipinski definition) is 2. The van der Waals surface area contributed by atoms with Gasteiger partial charge in [0.1, 0.15) is 0 Å². The van der Waals surface area contributed by atoms with Crippen LogP contribution in [0.1, 0.15) is 0 Å². The molecule has 0 bridgehead atoms. The number of nitrogens with one attached hydrogen (secondary N) is 1. The van der Waals surface area contributed by atoms with Gasteiger partial charge < -0.3 is 10.4 Å². The van der Waals surface area contributed by atoms with Gasteiger partial charge in [0.2, 0.25) is 0 Å². The summed E-state index contributed by atoms with van der Waals surface area (Å²) in [5.41, 5.74) is 0.410. The maximum atomic E-state index is 12.7. The van der Waals surface area contributed by atoms with Gasteiger partial charge in [-0.05, 0) is 12.1 Å². The van der Waals surface area contributed by atoms with E-state index in [9.17, 15) is 8.78 Å². The lowest BCUT2D eigenvalue weighted by molar-refractivity contribution is 0.211. The number of rotatable bonds is 4. The summed E-state index contributed by atoms with van der Waals surface area (Å²) >= 11 is 5.35. The zero-order valence-electron chi connectivity index (χ0n) is 7.30. The van der Waals surface area contributed by atoms with Crippen LogP contribution in [0.25, 0.3) is 0 Å². The van der Waals surface area contributed by atoms with Crippen molar-refractivity contribution in [3.63, 3.8) is 0 Å². The van der Waals surface area contributed by atoms with Crippen molar-refractivity contribution in [2.24, 2.45) is 0 Å². The Hall–Kier alpha value is -0.870. The summed E-state index contributed by atoms with van der Waals surface area (Å²) in [7, 11) is 0. The number of anilines is 1. The maximum Gasteiger partial charge on any atom is 0.160 e. The third-order valence-electron chi connectivity index (χ3n) is 1.64. The Kier molecular flexibility index (Phi) is 4.10. The van der Waals surface area contributed by atoms with Crippen LogP contribution in [0.4, 0.5) is 14.5 Å². The Labute approximate surface area is 85.5 Å². The molecule has 2 N–H and O–H groups in total. The zero-order chi connectivity index (χ0) is 10.6. The molecule has 0 spiro atoms. The maximum absolute atomic E-state index is 12.7. The van der Waals surface area contributed by atoms with Crippen LogP contribution in [0.3, 0.4) is 0 Å². The van der Waals surface area contributed by atoms with Gasteiger partial charge in [-0.1, -0.05) is 0 Å². The smallest absolute Gasteiger partial charge is 0.160 e. The number of aliphatic hydroxyl groups is 1. The minimum absolute atomic E-state index is 0.0939. The first-order valence-electron chi connectivity index (χ1n) is 4.06. The van der Waals surface area contributed by atoms with E-state index in [0.29, 0.717) is 5.69 Å². The van der Waals surface area contributed by atoms with Crippen LogP contribution >= 0.6 is 11.6 Å². The van der Waals surface area contributed by atoms with Gasteiger partial charge in [-0.15, -0.1) is 11.6 Å². The van der Waals surface area contributed by atoms with Gasteiger partial charge in [-0.2, -0.15) is 0 Å². The van der Waals surface area contributed by atoms with Crippen molar-refractivity contribution in [2.75, 3.05) is 17.7 Å². The van der Waals surface area contributed by atoms with E-state index in [1.54, 1.807) is 0 Å². The predicted octanol–water partition coefficient (Wildman–Crippen LogP) is 1.98. The van der Waals surface area contributed by atoms with E-state index in [-0.39, 0.29) is 12.4 Å². The number of aliphatic hydroxyl groups excluding tert-OH is 1. The standard InChI is InChI=1S/C9H10ClF2NO/c10-4-7(14)5-13-6-1-2-8(11)9(12)3-6/h1-3,7,13-14H,4-5H2. The molecular weight excluding hydrogens is 212 g/mol. The lowest BCUT2D eigenvalue weighted by Crippen LogP contribution is -2.20. The van der Waals surface area contributed by atoms with Crippen molar-refractivity contribution in [3.8, 4) is 0 Å². The number of benzene rings is 1. The van der Waals surface area contributed by atoms with E-state index in [1.165, 1.54) is 6.07 Å². The molecule has 0 saturated heterocycles. The van der Waals surface area contributed by atoms with Crippen molar-refractivity contribution in [1.82, 2.24) is 0 Å². The molecule has 0 saturated carbocycles. The van der Waals surface area contributed by atoms with Gasteiger partial charge in [0.15, 0.2) is 11.6 Å². The van der Waals surface area contributed by atoms with Crippen molar-refractivity contribution in [1.29, 1.82) is 0 Å². The lowest BCUT2D eigenvalue weighted by atomic mass is 10.3. The molecule has 1 rings (SSSR count). The van der Waals surface area contributed by atoms with E-state index in [2.05, 4.69) is 5.32 Å². The molecule has 2 nitrogen and oxygen atoms in total. The van der Waals surface area contributed by atoms with Crippen LogP contribution in [0, 0.1) is 11.6 Å². The normalized spacial score (nSPS) is 12.6. The fraction of sp³-hybridized carbons (Fsp3) is 0.333. The second-order valence-corrected chi connectivity index (χ2v) is 3.13. The van der Waals surface area contributed by atoms with Crippen molar-refractivity contribution in [3.05, 3.63) is 29.8 Å². The first kappa shape index (κ1) is 11.2. The number of hydrogen-bond donors (Lipinski definition) is 2. The first-order valence-corrected chi connectivity index (χ1v) is 4.60. The molecule has 0 heterocycles. The summed E-state index contributed by atoms with van der Waals surface area (Å²) in [5.74, 6) is -1.72. The van der Waals surface area contributed by atoms with Crippen molar-refractivity contribution >= 4 is 17.3 Å². The summed E-state index contributed by atoms with van der Waals surface area (Å²) in [5, 5.41) is 11.8. The van der Waals surface area contributed by atoms with Crippen molar-refractivity contribution < 1.29 is 13.9 Å². The largest absolute Gasteiger partial charge is 0.390 e. The van der Waals surface area contributed by atoms with E-state index >= 15 is 0 Å². The molecule has 0 aliphatic rings. The quantitative estimate of drug-likeness (QED) is 0.762. The number of halogens is 3. The fourth-order valence-electron chi connectivity index (χ4n) is 0.896. The summed E-state index contributed by atoms with van der Waals surface area (Å²) in [6, 6.07) is 3.43. The molecule has 0 radical (unpaired) electrons. The SMILES string of the molecule is OC(CCl)CNc1ccc(F)c(F)c1. The van der Waals surface area contributed by atoms with Crippen LogP contribution < -0.4 is 5.32 Å². The van der Waals surface area contributed by atoms with Crippen LogP contribution in [-0.2, 0) is 0 Å². The van der Waals surface area contributed by atoms with Gasteiger partial charge in [-0.3, -0.25) is 0 Å². The second kappa shape index (κ2) is 5.12. The summed E-state index contributed by atoms with van der Waals surface area (Å²) in [4.78, 5) is 0. The molecule has 14 heavy (non-hydrogen) atoms. The third-order valence-corrected chi connectivity index (χ3v) is 2.00. The third kappa shape index (κ3) is 3.12. The molecular formula is C9H10ClF2NO. The number of alkyl halides is 1. The van der Waals surface area contributed by atoms with E-state index < -0.39 is 17.7 Å². The Balaban J connectivity index is 2.55. The highest BCUT2D eigenvalue weighted by Crippen LogP contribution is 2.12. The monoisotopic (exact) mass is 221 g/mol. The molecule has 0 amide bonds. The Bertz CT molecular complexity index is 309. The van der Waals surface area contributed by atoms with Crippen LogP contribution in [0.5, 0.6) is 0 Å². The molecule has 0 aromatic heterocycles. The Morgan fingerprint density at radius 2 is 2.07 bits per heavy atom. The average Bonchev–Trinajstić information content (AvgIpc) is 2.19. The van der Waals surface area contributed by atoms with Gasteiger partial charge in [0, 0.05) is 18.3 Å². The van der Waals surface area contributed by atoms with E-state index in [1.807, 2.05) is 0 Å². The summed E-state index contributed by atoms with van der Waals surface area (Å²) in [6.07, 6.45) is -0.704. The zero-order valence-corrected chi connectivity index (χ0v) is 8.06.